The van der Waals surface area contributed by atoms with Crippen LogP contribution in [0.15, 0.2) is 24.3 Å². The Morgan fingerprint density at radius 3 is 2.91 bits per heavy atom. The summed E-state index contributed by atoms with van der Waals surface area (Å²) in [5, 5.41) is -0.244. The highest BCUT2D eigenvalue weighted by molar-refractivity contribution is 8.00. The van der Waals surface area contributed by atoms with Crippen molar-refractivity contribution in [2.45, 2.75) is 18.2 Å². The molecule has 8 heteroatoms. The molecule has 0 aromatic heterocycles. The third kappa shape index (κ3) is 4.74. The van der Waals surface area contributed by atoms with Gasteiger partial charge in [-0.05, 0) is 36.1 Å². The number of hydrogen-bond acceptors (Lipinski definition) is 4. The van der Waals surface area contributed by atoms with Gasteiger partial charge in [0.2, 0.25) is 5.91 Å². The molecule has 1 saturated heterocycles. The van der Waals surface area contributed by atoms with E-state index in [-0.39, 0.29) is 17.0 Å². The molecule has 0 spiro atoms. The van der Waals surface area contributed by atoms with Crippen LogP contribution in [0.5, 0.6) is 5.75 Å². The summed E-state index contributed by atoms with van der Waals surface area (Å²) in [6.07, 6.45) is -1.85. The van der Waals surface area contributed by atoms with E-state index in [2.05, 4.69) is 4.74 Å². The molecule has 0 aliphatic carbocycles. The number of hydrogen-bond donors (Lipinski definition) is 0. The maximum atomic E-state index is 12.3. The summed E-state index contributed by atoms with van der Waals surface area (Å²) in [6, 6.07) is 5.85. The second-order valence-corrected chi connectivity index (χ2v) is 6.77. The van der Waals surface area contributed by atoms with E-state index >= 15 is 0 Å². The van der Waals surface area contributed by atoms with Gasteiger partial charge in [-0.15, -0.1) is 24.9 Å². The number of carbonyl (C=O) groups excluding carboxylic acids is 1. The quantitative estimate of drug-likeness (QED) is 0.727. The standard InChI is InChI=1S/C14H16F3NO2S2/c1-21-7-3-6-18-12(19)9-22-13(18)10-4-2-5-11(8-10)20-14(15,16)17/h2,4-5,8,13H,3,6-7,9H2,1H3. The fourth-order valence-corrected chi connectivity index (χ4v) is 3.84. The van der Waals surface area contributed by atoms with Gasteiger partial charge in [0, 0.05) is 6.54 Å². The molecule has 122 valence electrons. The topological polar surface area (TPSA) is 29.5 Å². The Labute approximate surface area is 135 Å². The summed E-state index contributed by atoms with van der Waals surface area (Å²) in [4.78, 5) is 13.7. The van der Waals surface area contributed by atoms with Crippen molar-refractivity contribution in [3.05, 3.63) is 29.8 Å². The molecule has 1 atom stereocenters. The van der Waals surface area contributed by atoms with E-state index in [0.29, 0.717) is 17.9 Å². The van der Waals surface area contributed by atoms with Crippen molar-refractivity contribution in [1.29, 1.82) is 0 Å². The predicted molar refractivity (Wildman–Crippen MR) is 83.0 cm³/mol. The van der Waals surface area contributed by atoms with Gasteiger partial charge in [0.05, 0.1) is 5.75 Å². The maximum Gasteiger partial charge on any atom is 0.573 e. The van der Waals surface area contributed by atoms with Crippen molar-refractivity contribution in [3.8, 4) is 5.75 Å². The van der Waals surface area contributed by atoms with Gasteiger partial charge in [0.25, 0.3) is 0 Å². The molecule has 1 aliphatic heterocycles. The summed E-state index contributed by atoms with van der Waals surface area (Å²) in [6.45, 7) is 0.613. The van der Waals surface area contributed by atoms with Crippen LogP contribution >= 0.6 is 23.5 Å². The van der Waals surface area contributed by atoms with E-state index in [4.69, 9.17) is 0 Å². The maximum absolute atomic E-state index is 12.3. The van der Waals surface area contributed by atoms with Crippen LogP contribution in [0.4, 0.5) is 13.2 Å². The zero-order chi connectivity index (χ0) is 16.2. The van der Waals surface area contributed by atoms with E-state index < -0.39 is 6.36 Å². The minimum absolute atomic E-state index is 0.0262. The molecule has 1 aliphatic rings. The Bertz CT molecular complexity index is 525. The van der Waals surface area contributed by atoms with Crippen molar-refractivity contribution >= 4 is 29.4 Å². The Hall–Kier alpha value is -1.02. The summed E-state index contributed by atoms with van der Waals surface area (Å²) in [5.41, 5.74) is 0.654. The number of alkyl halides is 3. The van der Waals surface area contributed by atoms with Gasteiger partial charge in [-0.3, -0.25) is 4.79 Å². The zero-order valence-electron chi connectivity index (χ0n) is 11.9. The van der Waals surface area contributed by atoms with Crippen LogP contribution < -0.4 is 4.74 Å². The summed E-state index contributed by atoms with van der Waals surface area (Å²) in [7, 11) is 0. The first-order chi connectivity index (χ1) is 10.4. The van der Waals surface area contributed by atoms with Gasteiger partial charge in [-0.25, -0.2) is 0 Å². The van der Waals surface area contributed by atoms with Crippen LogP contribution in [0, 0.1) is 0 Å². The van der Waals surface area contributed by atoms with Crippen molar-refractivity contribution in [1.82, 2.24) is 4.90 Å². The number of amides is 1. The van der Waals surface area contributed by atoms with Gasteiger partial charge in [-0.1, -0.05) is 12.1 Å². The molecule has 1 aromatic rings. The van der Waals surface area contributed by atoms with Gasteiger partial charge in [0.1, 0.15) is 11.1 Å². The van der Waals surface area contributed by atoms with Gasteiger partial charge in [0.15, 0.2) is 0 Å². The summed E-state index contributed by atoms with van der Waals surface area (Å²) in [5.74, 6) is 1.07. The molecule has 3 nitrogen and oxygen atoms in total. The van der Waals surface area contributed by atoms with Crippen molar-refractivity contribution < 1.29 is 22.7 Å². The smallest absolute Gasteiger partial charge is 0.406 e. The summed E-state index contributed by atoms with van der Waals surface area (Å²) >= 11 is 3.13. The Morgan fingerprint density at radius 2 is 2.23 bits per heavy atom. The summed E-state index contributed by atoms with van der Waals surface area (Å²) < 4.78 is 40.8. The lowest BCUT2D eigenvalue weighted by atomic mass is 10.2. The zero-order valence-corrected chi connectivity index (χ0v) is 13.6. The van der Waals surface area contributed by atoms with E-state index in [9.17, 15) is 18.0 Å². The normalized spacial score (nSPS) is 18.8. The van der Waals surface area contributed by atoms with Crippen LogP contribution in [-0.4, -0.2) is 41.5 Å². The van der Waals surface area contributed by atoms with E-state index in [1.807, 2.05) is 6.26 Å². The first-order valence-electron chi connectivity index (χ1n) is 6.66. The van der Waals surface area contributed by atoms with Crippen molar-refractivity contribution in [3.63, 3.8) is 0 Å². The predicted octanol–water partition coefficient (Wildman–Crippen LogP) is 3.91. The Kier molecular flexibility index (Phi) is 5.91. The minimum atomic E-state index is -4.71. The monoisotopic (exact) mass is 351 g/mol. The highest BCUT2D eigenvalue weighted by Crippen LogP contribution is 2.40. The minimum Gasteiger partial charge on any atom is -0.406 e. The van der Waals surface area contributed by atoms with Crippen molar-refractivity contribution in [2.24, 2.45) is 0 Å². The lowest BCUT2D eigenvalue weighted by molar-refractivity contribution is -0.274. The van der Waals surface area contributed by atoms with Gasteiger partial charge < -0.3 is 9.64 Å². The average Bonchev–Trinajstić information content (AvgIpc) is 2.79. The lowest BCUT2D eigenvalue weighted by Crippen LogP contribution is -2.29. The molecular formula is C14H16F3NO2S2. The molecule has 1 unspecified atom stereocenters. The third-order valence-electron chi connectivity index (χ3n) is 3.09. The number of rotatable bonds is 6. The SMILES string of the molecule is CSCCCN1C(=O)CSC1c1cccc(OC(F)(F)F)c1. The number of ether oxygens (including phenoxy) is 1. The molecule has 0 N–H and O–H groups in total. The second kappa shape index (κ2) is 7.50. The molecule has 22 heavy (non-hydrogen) atoms. The largest absolute Gasteiger partial charge is 0.573 e. The van der Waals surface area contributed by atoms with E-state index in [1.165, 1.54) is 30.0 Å². The molecule has 1 amide bonds. The number of halogens is 3. The molecule has 1 heterocycles. The molecule has 1 fully saturated rings. The van der Waals surface area contributed by atoms with Crippen LogP contribution in [0.1, 0.15) is 17.4 Å². The second-order valence-electron chi connectivity index (χ2n) is 4.72. The van der Waals surface area contributed by atoms with Crippen molar-refractivity contribution in [2.75, 3.05) is 24.3 Å². The molecule has 2 rings (SSSR count). The van der Waals surface area contributed by atoms with E-state index in [0.717, 1.165) is 12.2 Å². The Balaban J connectivity index is 2.12. The first-order valence-corrected chi connectivity index (χ1v) is 9.10. The third-order valence-corrected chi connectivity index (χ3v) is 5.05. The number of carbonyl (C=O) groups is 1. The number of nitrogens with zero attached hydrogens (tertiary/aromatic N) is 1. The number of benzene rings is 1. The molecule has 0 radical (unpaired) electrons. The lowest BCUT2D eigenvalue weighted by Gasteiger charge is -2.24. The first kappa shape index (κ1) is 17.3. The molecule has 0 bridgehead atoms. The van der Waals surface area contributed by atoms with Gasteiger partial charge in [-0.2, -0.15) is 11.8 Å². The fraction of sp³-hybridized carbons (Fsp3) is 0.500. The molecule has 1 aromatic carbocycles. The van der Waals surface area contributed by atoms with Gasteiger partial charge >= 0.3 is 6.36 Å². The fourth-order valence-electron chi connectivity index (χ4n) is 2.22. The molecular weight excluding hydrogens is 335 g/mol. The van der Waals surface area contributed by atoms with E-state index in [1.54, 1.807) is 22.7 Å². The number of thioether (sulfide) groups is 2. The van der Waals surface area contributed by atoms with Crippen LogP contribution in [-0.2, 0) is 4.79 Å². The highest BCUT2D eigenvalue weighted by atomic mass is 32.2. The van der Waals surface area contributed by atoms with Crippen LogP contribution in [0.25, 0.3) is 0 Å². The Morgan fingerprint density at radius 1 is 1.45 bits per heavy atom. The average molecular weight is 351 g/mol. The highest BCUT2D eigenvalue weighted by Gasteiger charge is 2.34. The molecule has 0 saturated carbocycles. The van der Waals surface area contributed by atoms with Crippen LogP contribution in [0.2, 0.25) is 0 Å². The van der Waals surface area contributed by atoms with Crippen LogP contribution in [0.3, 0.4) is 0 Å².